The Balaban J connectivity index is 1.61. The van der Waals surface area contributed by atoms with Crippen LogP contribution in [0.1, 0.15) is 18.1 Å². The molecule has 1 amide bonds. The second kappa shape index (κ2) is 7.62. The Morgan fingerprint density at radius 3 is 2.52 bits per heavy atom. The number of benzene rings is 3. The number of hydrazone groups is 1. The van der Waals surface area contributed by atoms with E-state index in [0.29, 0.717) is 0 Å². The molecule has 3 rings (SSSR count). The zero-order chi connectivity index (χ0) is 17.6. The average Bonchev–Trinajstić information content (AvgIpc) is 2.63. The summed E-state index contributed by atoms with van der Waals surface area (Å²) in [4.78, 5) is 12.2. The summed E-state index contributed by atoms with van der Waals surface area (Å²) in [5.74, 6) is -0.182. The van der Waals surface area contributed by atoms with E-state index in [1.165, 1.54) is 5.39 Å². The van der Waals surface area contributed by atoms with Crippen LogP contribution in [0.4, 0.5) is 5.69 Å². The van der Waals surface area contributed by atoms with Gasteiger partial charge >= 0.3 is 0 Å². The van der Waals surface area contributed by atoms with Crippen LogP contribution in [0.2, 0.25) is 0 Å². The van der Waals surface area contributed by atoms with E-state index in [-0.39, 0.29) is 5.91 Å². The zero-order valence-corrected chi connectivity index (χ0v) is 14.4. The first-order valence-corrected chi connectivity index (χ1v) is 8.27. The number of nitrogens with one attached hydrogen (secondary N) is 2. The second-order valence-corrected chi connectivity index (χ2v) is 6.02. The van der Waals surface area contributed by atoms with Crippen LogP contribution in [-0.4, -0.2) is 18.2 Å². The normalized spacial score (nSPS) is 12.2. The van der Waals surface area contributed by atoms with Gasteiger partial charge in [0.25, 0.3) is 5.91 Å². The highest BCUT2D eigenvalue weighted by Gasteiger charge is 2.11. The molecule has 2 N–H and O–H groups in total. The van der Waals surface area contributed by atoms with Crippen LogP contribution in [0.5, 0.6) is 0 Å². The predicted octanol–water partition coefficient (Wildman–Crippen LogP) is 4.10. The highest BCUT2D eigenvalue weighted by molar-refractivity contribution is 5.89. The molecule has 4 heteroatoms. The van der Waals surface area contributed by atoms with E-state index in [9.17, 15) is 4.79 Å². The molecule has 4 nitrogen and oxygen atoms in total. The molecule has 0 aliphatic heterocycles. The minimum Gasteiger partial charge on any atom is -0.374 e. The van der Waals surface area contributed by atoms with Crippen molar-refractivity contribution in [3.8, 4) is 0 Å². The molecule has 126 valence electrons. The molecule has 1 atom stereocenters. The Labute approximate surface area is 147 Å². The fourth-order valence-electron chi connectivity index (χ4n) is 2.59. The number of rotatable bonds is 5. The summed E-state index contributed by atoms with van der Waals surface area (Å²) < 4.78 is 0. The van der Waals surface area contributed by atoms with E-state index in [1.807, 2.05) is 68.4 Å². The molecule has 0 bridgehead atoms. The molecule has 0 spiro atoms. The van der Waals surface area contributed by atoms with Crippen LogP contribution in [0.15, 0.2) is 71.8 Å². The summed E-state index contributed by atoms with van der Waals surface area (Å²) in [6.07, 6.45) is 1.66. The maximum Gasteiger partial charge on any atom is 0.262 e. The number of aryl methyl sites for hydroxylation is 1. The summed E-state index contributed by atoms with van der Waals surface area (Å²) in [6, 6.07) is 21.7. The summed E-state index contributed by atoms with van der Waals surface area (Å²) in [5, 5.41) is 9.57. The first kappa shape index (κ1) is 16.7. The summed E-state index contributed by atoms with van der Waals surface area (Å²) >= 11 is 0. The highest BCUT2D eigenvalue weighted by atomic mass is 16.2. The molecule has 0 saturated carbocycles. The van der Waals surface area contributed by atoms with E-state index < -0.39 is 6.04 Å². The van der Waals surface area contributed by atoms with Gasteiger partial charge in [0.1, 0.15) is 6.04 Å². The van der Waals surface area contributed by atoms with Gasteiger partial charge in [0.15, 0.2) is 0 Å². The maximum absolute atomic E-state index is 12.2. The Hall–Kier alpha value is -3.14. The quantitative estimate of drug-likeness (QED) is 0.546. The first-order chi connectivity index (χ1) is 12.1. The monoisotopic (exact) mass is 331 g/mol. The average molecular weight is 331 g/mol. The zero-order valence-electron chi connectivity index (χ0n) is 14.4. The van der Waals surface area contributed by atoms with Crippen LogP contribution in [0, 0.1) is 6.92 Å². The lowest BCUT2D eigenvalue weighted by molar-refractivity contribution is -0.121. The van der Waals surface area contributed by atoms with E-state index in [4.69, 9.17) is 0 Å². The topological polar surface area (TPSA) is 53.5 Å². The van der Waals surface area contributed by atoms with Gasteiger partial charge in [-0.2, -0.15) is 5.10 Å². The van der Waals surface area contributed by atoms with Crippen molar-refractivity contribution in [1.82, 2.24) is 5.43 Å². The minimum absolute atomic E-state index is 0.182. The van der Waals surface area contributed by atoms with Crippen LogP contribution < -0.4 is 10.7 Å². The van der Waals surface area contributed by atoms with Gasteiger partial charge in [-0.05, 0) is 47.9 Å². The van der Waals surface area contributed by atoms with Gasteiger partial charge in [0, 0.05) is 5.69 Å². The molecule has 0 fully saturated rings. The SMILES string of the molecule is Cc1ccccc1/C=N\NC(=O)[C@H](C)Nc1ccc2ccccc2c1. The number of hydrogen-bond donors (Lipinski definition) is 2. The van der Waals surface area contributed by atoms with Gasteiger partial charge in [-0.15, -0.1) is 0 Å². The standard InChI is InChI=1S/C21H21N3O/c1-15-7-3-4-10-19(15)14-22-24-21(25)16(2)23-20-12-11-17-8-5-6-9-18(17)13-20/h3-14,16,23H,1-2H3,(H,24,25)/b22-14-/t16-/m0/s1. The van der Waals surface area contributed by atoms with Gasteiger partial charge in [0.2, 0.25) is 0 Å². The highest BCUT2D eigenvalue weighted by Crippen LogP contribution is 2.19. The van der Waals surface area contributed by atoms with Crippen molar-refractivity contribution in [3.63, 3.8) is 0 Å². The molecule has 0 heterocycles. The Morgan fingerprint density at radius 1 is 1.00 bits per heavy atom. The Bertz CT molecular complexity index is 918. The number of anilines is 1. The van der Waals surface area contributed by atoms with Gasteiger partial charge in [-0.1, -0.05) is 54.6 Å². The van der Waals surface area contributed by atoms with E-state index in [0.717, 1.165) is 22.2 Å². The molecule has 0 aliphatic carbocycles. The first-order valence-electron chi connectivity index (χ1n) is 8.27. The lowest BCUT2D eigenvalue weighted by Crippen LogP contribution is -2.34. The van der Waals surface area contributed by atoms with Gasteiger partial charge < -0.3 is 5.32 Å². The smallest absolute Gasteiger partial charge is 0.262 e. The van der Waals surface area contributed by atoms with Crippen molar-refractivity contribution in [1.29, 1.82) is 0 Å². The second-order valence-electron chi connectivity index (χ2n) is 6.02. The van der Waals surface area contributed by atoms with Crippen molar-refractivity contribution >= 4 is 28.6 Å². The van der Waals surface area contributed by atoms with Crippen LogP contribution in [0.25, 0.3) is 10.8 Å². The molecule has 0 aromatic heterocycles. The maximum atomic E-state index is 12.2. The minimum atomic E-state index is -0.393. The lowest BCUT2D eigenvalue weighted by atomic mass is 10.1. The summed E-state index contributed by atoms with van der Waals surface area (Å²) in [7, 11) is 0. The van der Waals surface area contributed by atoms with Crippen molar-refractivity contribution in [2.45, 2.75) is 19.9 Å². The summed E-state index contributed by atoms with van der Waals surface area (Å²) in [5.41, 5.74) is 5.59. The van der Waals surface area contributed by atoms with Gasteiger partial charge in [0.05, 0.1) is 6.21 Å². The third-order valence-electron chi connectivity index (χ3n) is 4.09. The number of carbonyl (C=O) groups is 1. The molecule has 0 aliphatic rings. The molecular formula is C21H21N3O. The fourth-order valence-corrected chi connectivity index (χ4v) is 2.59. The Kier molecular flexibility index (Phi) is 5.09. The van der Waals surface area contributed by atoms with Crippen molar-refractivity contribution in [3.05, 3.63) is 77.9 Å². The molecule has 0 radical (unpaired) electrons. The third-order valence-corrected chi connectivity index (χ3v) is 4.09. The molecule has 3 aromatic carbocycles. The van der Waals surface area contributed by atoms with Gasteiger partial charge in [-0.3, -0.25) is 4.79 Å². The molecule has 0 saturated heterocycles. The fraction of sp³-hybridized carbons (Fsp3) is 0.143. The van der Waals surface area contributed by atoms with E-state index >= 15 is 0 Å². The van der Waals surface area contributed by atoms with Crippen molar-refractivity contribution in [2.75, 3.05) is 5.32 Å². The number of carbonyl (C=O) groups excluding carboxylic acids is 1. The molecule has 0 unspecified atom stereocenters. The van der Waals surface area contributed by atoms with E-state index in [2.05, 4.69) is 28.0 Å². The van der Waals surface area contributed by atoms with Crippen LogP contribution in [0.3, 0.4) is 0 Å². The number of fused-ring (bicyclic) bond motifs is 1. The third kappa shape index (κ3) is 4.23. The number of nitrogens with zero attached hydrogens (tertiary/aromatic N) is 1. The lowest BCUT2D eigenvalue weighted by Gasteiger charge is -2.14. The van der Waals surface area contributed by atoms with Crippen molar-refractivity contribution < 1.29 is 4.79 Å². The molecular weight excluding hydrogens is 310 g/mol. The summed E-state index contributed by atoms with van der Waals surface area (Å²) in [6.45, 7) is 3.82. The van der Waals surface area contributed by atoms with E-state index in [1.54, 1.807) is 6.21 Å². The number of hydrogen-bond acceptors (Lipinski definition) is 3. The molecule has 3 aromatic rings. The largest absolute Gasteiger partial charge is 0.374 e. The predicted molar refractivity (Wildman–Crippen MR) is 104 cm³/mol. The molecule has 25 heavy (non-hydrogen) atoms. The van der Waals surface area contributed by atoms with Crippen LogP contribution >= 0.6 is 0 Å². The Morgan fingerprint density at radius 2 is 1.72 bits per heavy atom. The van der Waals surface area contributed by atoms with Crippen molar-refractivity contribution in [2.24, 2.45) is 5.10 Å². The number of amides is 1. The van der Waals surface area contributed by atoms with Gasteiger partial charge in [-0.25, -0.2) is 5.43 Å². The van der Waals surface area contributed by atoms with Crippen LogP contribution in [-0.2, 0) is 4.79 Å².